The van der Waals surface area contributed by atoms with Crippen molar-refractivity contribution in [2.75, 3.05) is 31.1 Å². The van der Waals surface area contributed by atoms with Gasteiger partial charge >= 0.3 is 6.36 Å². The Morgan fingerprint density at radius 1 is 1.19 bits per heavy atom. The molecule has 2 heterocycles. The third kappa shape index (κ3) is 3.45. The Hall–Kier alpha value is -0.950. The van der Waals surface area contributed by atoms with Gasteiger partial charge in [-0.15, -0.1) is 13.2 Å². The van der Waals surface area contributed by atoms with Crippen LogP contribution in [0.2, 0.25) is 0 Å². The second-order valence-corrected chi connectivity index (χ2v) is 6.29. The summed E-state index contributed by atoms with van der Waals surface area (Å²) in [6.45, 7) is 4.03. The average molecular weight is 365 g/mol. The van der Waals surface area contributed by atoms with Gasteiger partial charge in [-0.05, 0) is 53.5 Å². The molecule has 1 unspecified atom stereocenters. The summed E-state index contributed by atoms with van der Waals surface area (Å²) < 4.78 is 41.1. The maximum Gasteiger partial charge on any atom is 0.573 e. The van der Waals surface area contributed by atoms with Crippen molar-refractivity contribution >= 4 is 21.6 Å². The summed E-state index contributed by atoms with van der Waals surface area (Å²) in [5.41, 5.74) is 0.933. The van der Waals surface area contributed by atoms with Crippen LogP contribution in [0.1, 0.15) is 12.8 Å². The first-order chi connectivity index (χ1) is 9.92. The zero-order chi connectivity index (χ0) is 15.0. The molecule has 2 aliphatic rings. The van der Waals surface area contributed by atoms with E-state index in [0.717, 1.165) is 25.3 Å². The number of benzene rings is 1. The standard InChI is InChI=1S/C14H16BrF3N2O/c15-12-8-10(3-4-13(12)21-14(16,17)18)20-7-6-19-5-1-2-11(19)9-20/h3-4,8,11H,1-2,5-7,9H2. The molecule has 21 heavy (non-hydrogen) atoms. The van der Waals surface area contributed by atoms with E-state index in [0.29, 0.717) is 10.5 Å². The summed E-state index contributed by atoms with van der Waals surface area (Å²) in [6.07, 6.45) is -2.23. The second-order valence-electron chi connectivity index (χ2n) is 5.44. The number of halogens is 4. The molecular formula is C14H16BrF3N2O. The number of rotatable bonds is 2. The molecule has 3 nitrogen and oxygen atoms in total. The Bertz CT molecular complexity index is 523. The van der Waals surface area contributed by atoms with E-state index in [1.54, 1.807) is 12.1 Å². The number of ether oxygens (including phenoxy) is 1. The van der Waals surface area contributed by atoms with Gasteiger partial charge in [-0.3, -0.25) is 4.90 Å². The number of hydrogen-bond donors (Lipinski definition) is 0. The van der Waals surface area contributed by atoms with Gasteiger partial charge in [0, 0.05) is 31.4 Å². The molecule has 3 rings (SSSR count). The molecule has 7 heteroatoms. The quantitative estimate of drug-likeness (QED) is 0.796. The van der Waals surface area contributed by atoms with E-state index in [4.69, 9.17) is 0 Å². The molecule has 2 saturated heterocycles. The van der Waals surface area contributed by atoms with Gasteiger partial charge in [-0.1, -0.05) is 0 Å². The molecule has 0 N–H and O–H groups in total. The van der Waals surface area contributed by atoms with Crippen LogP contribution in [0, 0.1) is 0 Å². The van der Waals surface area contributed by atoms with Gasteiger partial charge < -0.3 is 9.64 Å². The van der Waals surface area contributed by atoms with E-state index in [1.807, 2.05) is 0 Å². The van der Waals surface area contributed by atoms with Gasteiger partial charge in [-0.2, -0.15) is 0 Å². The Kier molecular flexibility index (Phi) is 4.05. The van der Waals surface area contributed by atoms with Crippen molar-refractivity contribution in [2.24, 2.45) is 0 Å². The van der Waals surface area contributed by atoms with Crippen molar-refractivity contribution in [3.8, 4) is 5.75 Å². The number of anilines is 1. The fourth-order valence-corrected chi connectivity index (χ4v) is 3.57. The van der Waals surface area contributed by atoms with E-state index in [-0.39, 0.29) is 5.75 Å². The molecule has 0 spiro atoms. The third-order valence-corrected chi connectivity index (χ3v) is 4.71. The lowest BCUT2D eigenvalue weighted by atomic mass is 10.1. The fraction of sp³-hybridized carbons (Fsp3) is 0.571. The van der Waals surface area contributed by atoms with Crippen LogP contribution < -0.4 is 9.64 Å². The van der Waals surface area contributed by atoms with Crippen LogP contribution in [-0.4, -0.2) is 43.5 Å². The molecule has 2 fully saturated rings. The monoisotopic (exact) mass is 364 g/mol. The SMILES string of the molecule is FC(F)(F)Oc1ccc(N2CCN3CCCC3C2)cc1Br. The molecule has 2 aliphatic heterocycles. The molecule has 0 amide bonds. The molecular weight excluding hydrogens is 349 g/mol. The van der Waals surface area contributed by atoms with Crippen LogP contribution in [0.4, 0.5) is 18.9 Å². The van der Waals surface area contributed by atoms with E-state index in [9.17, 15) is 13.2 Å². The topological polar surface area (TPSA) is 15.7 Å². The molecule has 1 aromatic carbocycles. The van der Waals surface area contributed by atoms with E-state index in [2.05, 4.69) is 30.5 Å². The second kappa shape index (κ2) is 5.68. The minimum atomic E-state index is -4.67. The molecule has 0 bridgehead atoms. The van der Waals surface area contributed by atoms with E-state index < -0.39 is 6.36 Å². The lowest BCUT2D eigenvalue weighted by Crippen LogP contribution is -2.50. The molecule has 116 valence electrons. The van der Waals surface area contributed by atoms with Gasteiger partial charge in [0.1, 0.15) is 5.75 Å². The summed E-state index contributed by atoms with van der Waals surface area (Å²) in [5.74, 6) is -0.203. The summed E-state index contributed by atoms with van der Waals surface area (Å²) in [6, 6.07) is 5.33. The molecule has 0 radical (unpaired) electrons. The average Bonchev–Trinajstić information content (AvgIpc) is 2.87. The predicted molar refractivity (Wildman–Crippen MR) is 77.6 cm³/mol. The van der Waals surface area contributed by atoms with Gasteiger partial charge in [0.25, 0.3) is 0 Å². The summed E-state index contributed by atoms with van der Waals surface area (Å²) >= 11 is 3.16. The van der Waals surface area contributed by atoms with Crippen molar-refractivity contribution in [2.45, 2.75) is 25.2 Å². The first kappa shape index (κ1) is 15.0. The molecule has 1 aromatic rings. The molecule has 0 aromatic heterocycles. The third-order valence-electron chi connectivity index (χ3n) is 4.09. The number of piperazine rings is 1. The smallest absolute Gasteiger partial charge is 0.405 e. The van der Waals surface area contributed by atoms with Gasteiger partial charge in [0.05, 0.1) is 4.47 Å². The Morgan fingerprint density at radius 2 is 2.00 bits per heavy atom. The lowest BCUT2D eigenvalue weighted by molar-refractivity contribution is -0.274. The summed E-state index contributed by atoms with van der Waals surface area (Å²) in [4.78, 5) is 4.72. The first-order valence-corrected chi connectivity index (χ1v) is 7.76. The maximum atomic E-state index is 12.3. The van der Waals surface area contributed by atoms with Crippen molar-refractivity contribution in [1.82, 2.24) is 4.90 Å². The maximum absolute atomic E-state index is 12.3. The minimum absolute atomic E-state index is 0.203. The van der Waals surface area contributed by atoms with Crippen molar-refractivity contribution in [3.05, 3.63) is 22.7 Å². The Morgan fingerprint density at radius 3 is 2.71 bits per heavy atom. The highest BCUT2D eigenvalue weighted by Crippen LogP contribution is 2.34. The van der Waals surface area contributed by atoms with Crippen molar-refractivity contribution in [1.29, 1.82) is 0 Å². The molecule has 0 aliphatic carbocycles. The van der Waals surface area contributed by atoms with Crippen molar-refractivity contribution in [3.63, 3.8) is 0 Å². The zero-order valence-corrected chi connectivity index (χ0v) is 13.0. The normalized spacial score (nSPS) is 23.2. The zero-order valence-electron chi connectivity index (χ0n) is 11.4. The van der Waals surface area contributed by atoms with Crippen LogP contribution in [-0.2, 0) is 0 Å². The highest BCUT2D eigenvalue weighted by Gasteiger charge is 2.33. The number of fused-ring (bicyclic) bond motifs is 1. The predicted octanol–water partition coefficient (Wildman–Crippen LogP) is 3.63. The number of nitrogens with zero attached hydrogens (tertiary/aromatic N) is 2. The largest absolute Gasteiger partial charge is 0.573 e. The Balaban J connectivity index is 1.73. The summed E-state index contributed by atoms with van der Waals surface area (Å²) in [7, 11) is 0. The van der Waals surface area contributed by atoms with Crippen LogP contribution >= 0.6 is 15.9 Å². The van der Waals surface area contributed by atoms with Gasteiger partial charge in [0.2, 0.25) is 0 Å². The van der Waals surface area contributed by atoms with E-state index >= 15 is 0 Å². The molecule has 0 saturated carbocycles. The summed E-state index contributed by atoms with van der Waals surface area (Å²) in [5, 5.41) is 0. The number of hydrogen-bond acceptors (Lipinski definition) is 3. The van der Waals surface area contributed by atoms with Crippen LogP contribution in [0.3, 0.4) is 0 Å². The highest BCUT2D eigenvalue weighted by atomic mass is 79.9. The van der Waals surface area contributed by atoms with Gasteiger partial charge in [0.15, 0.2) is 0 Å². The number of alkyl halides is 3. The highest BCUT2D eigenvalue weighted by molar-refractivity contribution is 9.10. The first-order valence-electron chi connectivity index (χ1n) is 6.97. The lowest BCUT2D eigenvalue weighted by Gasteiger charge is -2.39. The van der Waals surface area contributed by atoms with Gasteiger partial charge in [-0.25, -0.2) is 0 Å². The van der Waals surface area contributed by atoms with Crippen LogP contribution in [0.15, 0.2) is 22.7 Å². The minimum Gasteiger partial charge on any atom is -0.405 e. The van der Waals surface area contributed by atoms with Crippen LogP contribution in [0.25, 0.3) is 0 Å². The fourth-order valence-electron chi connectivity index (χ4n) is 3.12. The molecule has 1 atom stereocenters. The van der Waals surface area contributed by atoms with E-state index in [1.165, 1.54) is 25.5 Å². The Labute approximate surface area is 129 Å². The van der Waals surface area contributed by atoms with Crippen LogP contribution in [0.5, 0.6) is 5.75 Å². The van der Waals surface area contributed by atoms with Crippen molar-refractivity contribution < 1.29 is 17.9 Å².